The number of hydrogen-bond acceptors (Lipinski definition) is 5. The zero-order valence-electron chi connectivity index (χ0n) is 21.6. The van der Waals surface area contributed by atoms with Crippen LogP contribution in [0.3, 0.4) is 0 Å². The first-order valence-corrected chi connectivity index (χ1v) is 13.2. The van der Waals surface area contributed by atoms with Gasteiger partial charge in [0.2, 0.25) is 5.91 Å². The van der Waals surface area contributed by atoms with Gasteiger partial charge in [-0.15, -0.1) is 6.58 Å². The van der Waals surface area contributed by atoms with E-state index in [-0.39, 0.29) is 30.1 Å². The lowest BCUT2D eigenvalue weighted by Gasteiger charge is -2.65. The van der Waals surface area contributed by atoms with E-state index >= 15 is 0 Å². The fourth-order valence-corrected chi connectivity index (χ4v) is 7.80. The maximum Gasteiger partial charge on any atom is 0.303 e. The fourth-order valence-electron chi connectivity index (χ4n) is 7.80. The Kier molecular flexibility index (Phi) is 5.75. The van der Waals surface area contributed by atoms with Gasteiger partial charge in [0.25, 0.3) is 0 Å². The molecule has 2 fully saturated rings. The van der Waals surface area contributed by atoms with Crippen molar-refractivity contribution in [3.05, 3.63) is 84.0 Å². The average Bonchev–Trinajstić information content (AvgIpc) is 3.23. The van der Waals surface area contributed by atoms with E-state index in [4.69, 9.17) is 9.47 Å². The summed E-state index contributed by atoms with van der Waals surface area (Å²) in [5.41, 5.74) is 2.25. The zero-order chi connectivity index (χ0) is 25.8. The lowest BCUT2D eigenvalue weighted by atomic mass is 9.48. The van der Waals surface area contributed by atoms with Crippen LogP contribution in [0.1, 0.15) is 42.9 Å². The van der Waals surface area contributed by atoms with Crippen LogP contribution in [0.25, 0.3) is 6.08 Å². The predicted octanol–water partition coefficient (Wildman–Crippen LogP) is 4.14. The summed E-state index contributed by atoms with van der Waals surface area (Å²) >= 11 is 0. The van der Waals surface area contributed by atoms with Gasteiger partial charge in [-0.1, -0.05) is 48.5 Å². The number of benzene rings is 2. The van der Waals surface area contributed by atoms with E-state index in [9.17, 15) is 9.59 Å². The predicted molar refractivity (Wildman–Crippen MR) is 142 cm³/mol. The van der Waals surface area contributed by atoms with E-state index in [0.717, 1.165) is 37.2 Å². The molecule has 0 N–H and O–H groups in total. The van der Waals surface area contributed by atoms with Gasteiger partial charge in [-0.2, -0.15) is 0 Å². The van der Waals surface area contributed by atoms with Crippen LogP contribution in [0, 0.1) is 0 Å². The molecular formula is C31H34N2O4. The Morgan fingerprint density at radius 1 is 1.19 bits per heavy atom. The molecule has 2 heterocycles. The van der Waals surface area contributed by atoms with Crippen molar-refractivity contribution >= 4 is 18.0 Å². The molecule has 37 heavy (non-hydrogen) atoms. The summed E-state index contributed by atoms with van der Waals surface area (Å²) in [6.45, 7) is 7.11. The van der Waals surface area contributed by atoms with Crippen molar-refractivity contribution in [3.8, 4) is 5.75 Å². The van der Waals surface area contributed by atoms with Crippen molar-refractivity contribution < 1.29 is 19.1 Å². The van der Waals surface area contributed by atoms with Gasteiger partial charge in [-0.25, -0.2) is 0 Å². The molecule has 0 radical (unpaired) electrons. The molecule has 1 saturated heterocycles. The van der Waals surface area contributed by atoms with E-state index in [0.29, 0.717) is 12.8 Å². The second kappa shape index (κ2) is 8.88. The summed E-state index contributed by atoms with van der Waals surface area (Å²) in [5.74, 6) is 0.564. The Hall–Kier alpha value is -3.38. The highest BCUT2D eigenvalue weighted by Crippen LogP contribution is 2.65. The number of nitrogens with zero attached hydrogens (tertiary/aromatic N) is 2. The van der Waals surface area contributed by atoms with Gasteiger partial charge in [-0.3, -0.25) is 14.5 Å². The third-order valence-electron chi connectivity index (χ3n) is 9.15. The van der Waals surface area contributed by atoms with E-state index in [1.165, 1.54) is 18.1 Å². The number of piperidine rings is 1. The van der Waals surface area contributed by atoms with Crippen LogP contribution in [0.4, 0.5) is 0 Å². The van der Waals surface area contributed by atoms with Gasteiger partial charge < -0.3 is 14.4 Å². The molecule has 0 aromatic heterocycles. The van der Waals surface area contributed by atoms with Crippen LogP contribution in [-0.4, -0.2) is 65.6 Å². The molecule has 2 aliphatic heterocycles. The Morgan fingerprint density at radius 2 is 2.00 bits per heavy atom. The Balaban J connectivity index is 1.42. The van der Waals surface area contributed by atoms with E-state index in [1.807, 2.05) is 60.5 Å². The van der Waals surface area contributed by atoms with Gasteiger partial charge in [0.05, 0.1) is 17.5 Å². The van der Waals surface area contributed by atoms with Crippen molar-refractivity contribution in [1.29, 1.82) is 0 Å². The largest absolute Gasteiger partial charge is 0.487 e. The zero-order valence-corrected chi connectivity index (χ0v) is 21.6. The Morgan fingerprint density at radius 3 is 2.76 bits per heavy atom. The lowest BCUT2D eigenvalue weighted by molar-refractivity contribution is -0.222. The molecule has 5 atom stereocenters. The highest BCUT2D eigenvalue weighted by atomic mass is 16.6. The van der Waals surface area contributed by atoms with Gasteiger partial charge in [0, 0.05) is 38.7 Å². The molecule has 4 aliphatic rings. The minimum Gasteiger partial charge on any atom is -0.487 e. The minimum absolute atomic E-state index is 0.0371. The van der Waals surface area contributed by atoms with Crippen LogP contribution < -0.4 is 4.74 Å². The highest BCUT2D eigenvalue weighted by Gasteiger charge is 2.75. The molecule has 6 nitrogen and oxygen atoms in total. The molecule has 2 aliphatic carbocycles. The summed E-state index contributed by atoms with van der Waals surface area (Å²) < 4.78 is 13.2. The van der Waals surface area contributed by atoms with E-state index < -0.39 is 11.0 Å². The van der Waals surface area contributed by atoms with Crippen LogP contribution >= 0.6 is 0 Å². The van der Waals surface area contributed by atoms with Crippen molar-refractivity contribution in [2.45, 2.75) is 61.8 Å². The first-order valence-electron chi connectivity index (χ1n) is 13.2. The van der Waals surface area contributed by atoms with Crippen molar-refractivity contribution in [3.63, 3.8) is 0 Å². The molecule has 1 spiro atoms. The normalized spacial score (nSPS) is 31.4. The number of likely N-dealkylation sites (tertiary alicyclic amines) is 1. The first-order chi connectivity index (χ1) is 17.9. The van der Waals surface area contributed by atoms with Crippen LogP contribution in [0.5, 0.6) is 5.75 Å². The van der Waals surface area contributed by atoms with Crippen LogP contribution in [0.15, 0.2) is 67.3 Å². The number of likely N-dealkylation sites (N-methyl/N-ethyl adjacent to an activating group) is 1. The minimum atomic E-state index is -0.704. The summed E-state index contributed by atoms with van der Waals surface area (Å²) in [4.78, 5) is 30.3. The fraction of sp³-hybridized carbons (Fsp3) is 0.419. The number of carbonyl (C=O) groups is 2. The van der Waals surface area contributed by atoms with Gasteiger partial charge in [-0.05, 0) is 49.0 Å². The molecule has 2 aromatic rings. The first kappa shape index (κ1) is 24.0. The number of rotatable bonds is 6. The van der Waals surface area contributed by atoms with E-state index in [1.54, 1.807) is 6.08 Å². The summed E-state index contributed by atoms with van der Waals surface area (Å²) in [6.07, 6.45) is 8.14. The molecule has 192 valence electrons. The summed E-state index contributed by atoms with van der Waals surface area (Å²) in [7, 11) is 1.87. The smallest absolute Gasteiger partial charge is 0.303 e. The molecule has 6 heteroatoms. The molecule has 1 saturated carbocycles. The van der Waals surface area contributed by atoms with Gasteiger partial charge >= 0.3 is 5.97 Å². The van der Waals surface area contributed by atoms with Crippen molar-refractivity contribution in [2.24, 2.45) is 0 Å². The molecule has 2 aromatic carbocycles. The van der Waals surface area contributed by atoms with E-state index in [2.05, 4.69) is 23.6 Å². The quantitative estimate of drug-likeness (QED) is 0.340. The second-order valence-electron chi connectivity index (χ2n) is 10.8. The third kappa shape index (κ3) is 3.42. The van der Waals surface area contributed by atoms with Crippen molar-refractivity contribution in [2.75, 3.05) is 20.1 Å². The maximum atomic E-state index is 13.4. The summed E-state index contributed by atoms with van der Waals surface area (Å²) in [6, 6.07) is 16.0. The highest BCUT2D eigenvalue weighted by molar-refractivity contribution is 5.92. The molecule has 6 rings (SSSR count). The SMILES string of the molecule is C=CCN1CC[C@]23c4c5cccc4O[C@H]2[C@@H](N(C)C(=O)C=Cc2ccccc2)CC[C@@]3(OC(C)=O)[C@H]1C5. The maximum absolute atomic E-state index is 13.4. The monoisotopic (exact) mass is 498 g/mol. The number of amides is 1. The number of hydrogen-bond donors (Lipinski definition) is 0. The Bertz CT molecular complexity index is 1270. The average molecular weight is 499 g/mol. The topological polar surface area (TPSA) is 59.1 Å². The second-order valence-corrected chi connectivity index (χ2v) is 10.8. The molecule has 1 amide bonds. The third-order valence-corrected chi connectivity index (χ3v) is 9.15. The number of carbonyl (C=O) groups excluding carboxylic acids is 2. The number of ether oxygens (including phenoxy) is 2. The molecule has 0 unspecified atom stereocenters. The van der Waals surface area contributed by atoms with Crippen molar-refractivity contribution in [1.82, 2.24) is 9.80 Å². The van der Waals surface area contributed by atoms with Gasteiger partial charge in [0.1, 0.15) is 17.5 Å². The lowest BCUT2D eigenvalue weighted by Crippen LogP contribution is -2.79. The Labute approximate surface area is 218 Å². The van der Waals surface area contributed by atoms with Gasteiger partial charge in [0.15, 0.2) is 0 Å². The summed E-state index contributed by atoms with van der Waals surface area (Å²) in [5, 5.41) is 0. The standard InChI is InChI=1S/C31H34N2O4/c1-4-18-33-19-17-30-28-23-11-8-12-25(28)36-29(30)24(15-16-31(30,26(33)20-23)37-21(2)34)32(3)27(35)14-13-22-9-6-5-7-10-22/h4-14,24,26,29H,1,15-20H2,2-3H3/t24-,26+,29-,30-,31+/m0/s1. The molecule has 2 bridgehead atoms. The van der Waals surface area contributed by atoms with Crippen LogP contribution in [-0.2, 0) is 26.2 Å². The van der Waals surface area contributed by atoms with Crippen LogP contribution in [0.2, 0.25) is 0 Å². The number of esters is 1. The molecular weight excluding hydrogens is 464 g/mol.